The van der Waals surface area contributed by atoms with E-state index in [2.05, 4.69) is 10.1 Å². The van der Waals surface area contributed by atoms with E-state index in [1.807, 2.05) is 13.8 Å². The first-order valence-electron chi connectivity index (χ1n) is 8.08. The van der Waals surface area contributed by atoms with Gasteiger partial charge in [0.15, 0.2) is 6.61 Å². The van der Waals surface area contributed by atoms with Crippen molar-refractivity contribution in [3.8, 4) is 5.69 Å². The zero-order chi connectivity index (χ0) is 17.8. The van der Waals surface area contributed by atoms with Crippen LogP contribution in [0.15, 0.2) is 36.9 Å². The Hall–Kier alpha value is -2.74. The third kappa shape index (κ3) is 4.21. The number of aromatic nitrogens is 3. The monoisotopic (exact) mass is 344 g/mol. The number of rotatable bonds is 4. The van der Waals surface area contributed by atoms with Gasteiger partial charge in [-0.3, -0.25) is 4.79 Å². The van der Waals surface area contributed by atoms with Crippen molar-refractivity contribution in [1.29, 1.82) is 0 Å². The predicted octanol–water partition coefficient (Wildman–Crippen LogP) is 1.06. The molecular formula is C17H20N4O4. The molecule has 0 radical (unpaired) electrons. The molecule has 1 aliphatic rings. The van der Waals surface area contributed by atoms with Crippen LogP contribution in [0, 0.1) is 0 Å². The predicted molar refractivity (Wildman–Crippen MR) is 88.2 cm³/mol. The van der Waals surface area contributed by atoms with E-state index >= 15 is 0 Å². The highest BCUT2D eigenvalue weighted by Gasteiger charge is 2.26. The lowest BCUT2D eigenvalue weighted by atomic mass is 10.2. The molecule has 1 saturated heterocycles. The Morgan fingerprint density at radius 2 is 1.88 bits per heavy atom. The van der Waals surface area contributed by atoms with Crippen LogP contribution in [0.5, 0.6) is 0 Å². The Balaban J connectivity index is 1.54. The maximum absolute atomic E-state index is 12.2. The second-order valence-electron chi connectivity index (χ2n) is 6.02. The van der Waals surface area contributed by atoms with Gasteiger partial charge >= 0.3 is 5.97 Å². The topological polar surface area (TPSA) is 86.6 Å². The quantitative estimate of drug-likeness (QED) is 0.771. The lowest BCUT2D eigenvalue weighted by molar-refractivity contribution is -0.146. The van der Waals surface area contributed by atoms with Crippen molar-refractivity contribution in [2.24, 2.45) is 0 Å². The highest BCUT2D eigenvalue weighted by molar-refractivity contribution is 5.91. The molecule has 0 bridgehead atoms. The molecule has 0 N–H and O–H groups in total. The molecule has 0 unspecified atom stereocenters. The number of amides is 1. The van der Waals surface area contributed by atoms with Crippen LogP contribution >= 0.6 is 0 Å². The maximum Gasteiger partial charge on any atom is 0.338 e. The van der Waals surface area contributed by atoms with Crippen molar-refractivity contribution in [2.75, 3.05) is 19.7 Å². The molecule has 1 aromatic heterocycles. The SMILES string of the molecule is C[C@@H]1CN(C(=O)COC(=O)c2ccc(-n3cncn3)cc2)C[C@@H](C)O1. The number of carbonyl (C=O) groups excluding carboxylic acids is 2. The number of benzene rings is 1. The Morgan fingerprint density at radius 3 is 2.48 bits per heavy atom. The highest BCUT2D eigenvalue weighted by Crippen LogP contribution is 2.12. The van der Waals surface area contributed by atoms with Gasteiger partial charge in [0.25, 0.3) is 5.91 Å². The van der Waals surface area contributed by atoms with E-state index < -0.39 is 5.97 Å². The van der Waals surface area contributed by atoms with Gasteiger partial charge in [-0.05, 0) is 38.1 Å². The molecule has 1 aliphatic heterocycles. The van der Waals surface area contributed by atoms with E-state index in [0.717, 1.165) is 5.69 Å². The van der Waals surface area contributed by atoms with Gasteiger partial charge in [-0.2, -0.15) is 5.10 Å². The van der Waals surface area contributed by atoms with Crippen LogP contribution in [0.4, 0.5) is 0 Å². The minimum absolute atomic E-state index is 0.0206. The number of esters is 1. The van der Waals surface area contributed by atoms with Crippen LogP contribution in [0.25, 0.3) is 5.69 Å². The fraction of sp³-hybridized carbons (Fsp3) is 0.412. The zero-order valence-corrected chi connectivity index (χ0v) is 14.2. The lowest BCUT2D eigenvalue weighted by Gasteiger charge is -2.35. The number of carbonyl (C=O) groups is 2. The summed E-state index contributed by atoms with van der Waals surface area (Å²) in [6.45, 7) is 4.57. The number of hydrogen-bond donors (Lipinski definition) is 0. The number of hydrogen-bond acceptors (Lipinski definition) is 6. The van der Waals surface area contributed by atoms with Gasteiger partial charge in [0.05, 0.1) is 23.5 Å². The second-order valence-corrected chi connectivity index (χ2v) is 6.02. The first kappa shape index (κ1) is 17.1. The van der Waals surface area contributed by atoms with Crippen LogP contribution in [-0.4, -0.2) is 63.4 Å². The first-order chi connectivity index (χ1) is 12.0. The van der Waals surface area contributed by atoms with Crippen LogP contribution in [0.1, 0.15) is 24.2 Å². The Kier molecular flexibility index (Phi) is 5.08. The molecule has 0 aliphatic carbocycles. The third-order valence-electron chi connectivity index (χ3n) is 3.89. The van der Waals surface area contributed by atoms with Gasteiger partial charge in [0.1, 0.15) is 12.7 Å². The molecule has 2 aromatic rings. The Morgan fingerprint density at radius 1 is 1.20 bits per heavy atom. The van der Waals surface area contributed by atoms with Gasteiger partial charge in [0, 0.05) is 13.1 Å². The zero-order valence-electron chi connectivity index (χ0n) is 14.2. The van der Waals surface area contributed by atoms with Crippen LogP contribution in [0.2, 0.25) is 0 Å². The smallest absolute Gasteiger partial charge is 0.338 e. The van der Waals surface area contributed by atoms with E-state index in [0.29, 0.717) is 18.7 Å². The fourth-order valence-corrected chi connectivity index (χ4v) is 2.78. The molecule has 1 fully saturated rings. The summed E-state index contributed by atoms with van der Waals surface area (Å²) in [5.41, 5.74) is 1.15. The standard InChI is InChI=1S/C17H20N4O4/c1-12-7-20(8-13(2)25-12)16(22)9-24-17(23)14-3-5-15(6-4-14)21-11-18-10-19-21/h3-6,10-13H,7-9H2,1-2H3/t12-,13-/m1/s1. The van der Waals surface area contributed by atoms with E-state index in [4.69, 9.17) is 9.47 Å². The van der Waals surface area contributed by atoms with Crippen LogP contribution < -0.4 is 0 Å². The summed E-state index contributed by atoms with van der Waals surface area (Å²) in [5.74, 6) is -0.748. The molecule has 8 heteroatoms. The fourth-order valence-electron chi connectivity index (χ4n) is 2.78. The summed E-state index contributed by atoms with van der Waals surface area (Å²) in [6.07, 6.45) is 2.96. The Bertz CT molecular complexity index is 720. The van der Waals surface area contributed by atoms with E-state index in [-0.39, 0.29) is 24.7 Å². The van der Waals surface area contributed by atoms with Gasteiger partial charge in [-0.1, -0.05) is 0 Å². The van der Waals surface area contributed by atoms with Crippen molar-refractivity contribution in [3.05, 3.63) is 42.5 Å². The molecule has 0 spiro atoms. The molecule has 1 aromatic carbocycles. The highest BCUT2D eigenvalue weighted by atomic mass is 16.5. The average molecular weight is 344 g/mol. The van der Waals surface area contributed by atoms with Crippen molar-refractivity contribution in [1.82, 2.24) is 19.7 Å². The summed E-state index contributed by atoms with van der Waals surface area (Å²) < 4.78 is 12.3. The summed E-state index contributed by atoms with van der Waals surface area (Å²) in [4.78, 5) is 29.9. The molecule has 25 heavy (non-hydrogen) atoms. The summed E-state index contributed by atoms with van der Waals surface area (Å²) in [5, 5.41) is 4.01. The molecule has 132 valence electrons. The maximum atomic E-state index is 12.2. The molecule has 2 heterocycles. The van der Waals surface area contributed by atoms with E-state index in [1.54, 1.807) is 40.2 Å². The van der Waals surface area contributed by atoms with Gasteiger partial charge in [-0.25, -0.2) is 14.5 Å². The van der Waals surface area contributed by atoms with Crippen molar-refractivity contribution >= 4 is 11.9 Å². The van der Waals surface area contributed by atoms with Crippen molar-refractivity contribution < 1.29 is 19.1 Å². The minimum Gasteiger partial charge on any atom is -0.452 e. The van der Waals surface area contributed by atoms with E-state index in [9.17, 15) is 9.59 Å². The third-order valence-corrected chi connectivity index (χ3v) is 3.89. The molecule has 2 atom stereocenters. The van der Waals surface area contributed by atoms with Crippen molar-refractivity contribution in [3.63, 3.8) is 0 Å². The summed E-state index contributed by atoms with van der Waals surface area (Å²) >= 11 is 0. The first-order valence-corrected chi connectivity index (χ1v) is 8.08. The van der Waals surface area contributed by atoms with Crippen LogP contribution in [0.3, 0.4) is 0 Å². The molecular weight excluding hydrogens is 324 g/mol. The van der Waals surface area contributed by atoms with Gasteiger partial charge < -0.3 is 14.4 Å². The van der Waals surface area contributed by atoms with Crippen molar-refractivity contribution in [2.45, 2.75) is 26.1 Å². The van der Waals surface area contributed by atoms with Gasteiger partial charge in [-0.15, -0.1) is 0 Å². The molecule has 1 amide bonds. The minimum atomic E-state index is -0.534. The molecule has 8 nitrogen and oxygen atoms in total. The number of morpholine rings is 1. The molecule has 0 saturated carbocycles. The number of ether oxygens (including phenoxy) is 2. The van der Waals surface area contributed by atoms with Crippen LogP contribution in [-0.2, 0) is 14.3 Å². The normalized spacial score (nSPS) is 20.3. The largest absolute Gasteiger partial charge is 0.452 e. The molecule has 3 rings (SSSR count). The number of nitrogens with zero attached hydrogens (tertiary/aromatic N) is 4. The second kappa shape index (κ2) is 7.43. The summed E-state index contributed by atoms with van der Waals surface area (Å²) in [7, 11) is 0. The average Bonchev–Trinajstić information content (AvgIpc) is 3.13. The lowest BCUT2D eigenvalue weighted by Crippen LogP contribution is -2.49. The van der Waals surface area contributed by atoms with Gasteiger partial charge in [0.2, 0.25) is 0 Å². The summed E-state index contributed by atoms with van der Waals surface area (Å²) in [6, 6.07) is 6.72. The Labute approximate surface area is 145 Å². The van der Waals surface area contributed by atoms with E-state index in [1.165, 1.54) is 6.33 Å².